The number of hydrogen-bond acceptors (Lipinski definition) is 3. The summed E-state index contributed by atoms with van der Waals surface area (Å²) in [6, 6.07) is 1.18. The third kappa shape index (κ3) is 5.09. The maximum atomic E-state index is 12.8. The molecule has 5 nitrogen and oxygen atoms in total. The highest BCUT2D eigenvalue weighted by atomic mass is 32.2. The summed E-state index contributed by atoms with van der Waals surface area (Å²) >= 11 is 0. The summed E-state index contributed by atoms with van der Waals surface area (Å²) in [7, 11) is -3.23. The van der Waals surface area contributed by atoms with Gasteiger partial charge in [-0.15, -0.1) is 0 Å². The first-order chi connectivity index (χ1) is 10.6. The molecule has 1 aromatic carbocycles. The summed E-state index contributed by atoms with van der Waals surface area (Å²) in [5.74, 6) is -2.25. The average Bonchev–Trinajstić information content (AvgIpc) is 2.34. The van der Waals surface area contributed by atoms with E-state index in [0.717, 1.165) is 13.1 Å². The summed E-state index contributed by atoms with van der Waals surface area (Å²) < 4.78 is 100. The van der Waals surface area contributed by atoms with Crippen LogP contribution in [-0.4, -0.2) is 31.4 Å². The molecular weight excluding hydrogens is 366 g/mol. The Kier molecular flexibility index (Phi) is 5.55. The maximum Gasteiger partial charge on any atom is 0.417 e. The number of amides is 1. The first-order valence-corrected chi connectivity index (χ1v) is 7.75. The van der Waals surface area contributed by atoms with Crippen molar-refractivity contribution < 1.29 is 39.6 Å². The van der Waals surface area contributed by atoms with E-state index in [1.54, 1.807) is 0 Å². The van der Waals surface area contributed by atoms with Crippen LogP contribution in [0.15, 0.2) is 18.2 Å². The molecule has 0 aliphatic rings. The van der Waals surface area contributed by atoms with Crippen molar-refractivity contribution in [3.8, 4) is 0 Å². The Morgan fingerprint density at radius 2 is 1.58 bits per heavy atom. The van der Waals surface area contributed by atoms with Gasteiger partial charge >= 0.3 is 12.4 Å². The number of carbonyl (C=O) groups excluding carboxylic acids is 1. The fraction of sp³-hybridized carbons (Fsp3) is 0.417. The predicted octanol–water partition coefficient (Wildman–Crippen LogP) is 1.97. The lowest BCUT2D eigenvalue weighted by Crippen LogP contribution is -2.34. The van der Waals surface area contributed by atoms with E-state index in [9.17, 15) is 39.6 Å². The van der Waals surface area contributed by atoms with Gasteiger partial charge in [0.15, 0.2) is 0 Å². The molecule has 0 bridgehead atoms. The molecular formula is C12H12F6N2O3S. The van der Waals surface area contributed by atoms with Gasteiger partial charge in [0.05, 0.1) is 11.1 Å². The molecule has 1 amide bonds. The van der Waals surface area contributed by atoms with E-state index in [1.807, 2.05) is 0 Å². The molecule has 0 radical (unpaired) electrons. The summed E-state index contributed by atoms with van der Waals surface area (Å²) in [5, 5.41) is 0. The summed E-state index contributed by atoms with van der Waals surface area (Å²) in [6.07, 6.45) is -10.5. The lowest BCUT2D eigenvalue weighted by atomic mass is 10.0. The molecule has 0 heterocycles. The zero-order valence-electron chi connectivity index (χ0n) is 12.1. The van der Waals surface area contributed by atoms with Crippen LogP contribution in [0, 0.1) is 0 Å². The Hall–Kier alpha value is -1.82. The zero-order chi connectivity index (χ0) is 18.9. The van der Waals surface area contributed by atoms with Crippen molar-refractivity contribution in [3.05, 3.63) is 34.9 Å². The van der Waals surface area contributed by atoms with Crippen molar-refractivity contribution in [1.82, 2.24) is 4.31 Å². The summed E-state index contributed by atoms with van der Waals surface area (Å²) in [4.78, 5) is 10.7. The molecule has 0 unspecified atom stereocenters. The van der Waals surface area contributed by atoms with Crippen LogP contribution >= 0.6 is 0 Å². The van der Waals surface area contributed by atoms with Gasteiger partial charge in [0.1, 0.15) is 5.75 Å². The summed E-state index contributed by atoms with van der Waals surface area (Å²) in [5.41, 5.74) is 0.616. The minimum absolute atomic E-state index is 0.221. The molecule has 0 saturated heterocycles. The maximum absolute atomic E-state index is 12.8. The Bertz CT molecular complexity index is 727. The first kappa shape index (κ1) is 20.2. The molecule has 0 atom stereocenters. The third-order valence-electron chi connectivity index (χ3n) is 2.90. The number of benzene rings is 1. The molecule has 24 heavy (non-hydrogen) atoms. The number of hydrogen-bond donors (Lipinski definition) is 1. The molecule has 0 aromatic heterocycles. The van der Waals surface area contributed by atoms with Crippen molar-refractivity contribution in [2.45, 2.75) is 18.9 Å². The van der Waals surface area contributed by atoms with Gasteiger partial charge < -0.3 is 5.73 Å². The van der Waals surface area contributed by atoms with Crippen LogP contribution in [0.4, 0.5) is 26.3 Å². The van der Waals surface area contributed by atoms with Crippen LogP contribution in [0.1, 0.15) is 16.7 Å². The van der Waals surface area contributed by atoms with Gasteiger partial charge in [-0.3, -0.25) is 4.79 Å². The molecule has 0 aliphatic heterocycles. The Labute approximate surface area is 133 Å². The number of carbonyl (C=O) groups is 1. The average molecular weight is 378 g/mol. The Morgan fingerprint density at radius 1 is 1.08 bits per heavy atom. The zero-order valence-corrected chi connectivity index (χ0v) is 12.9. The van der Waals surface area contributed by atoms with E-state index in [-0.39, 0.29) is 17.7 Å². The van der Waals surface area contributed by atoms with Crippen LogP contribution in [0.25, 0.3) is 0 Å². The fourth-order valence-corrected chi connectivity index (χ4v) is 2.74. The monoisotopic (exact) mass is 378 g/mol. The second-order valence-electron chi connectivity index (χ2n) is 4.85. The Morgan fingerprint density at radius 3 is 2.00 bits per heavy atom. The van der Waals surface area contributed by atoms with Gasteiger partial charge in [-0.2, -0.15) is 26.3 Å². The fourth-order valence-electron chi connectivity index (χ4n) is 1.82. The van der Waals surface area contributed by atoms with Crippen LogP contribution in [-0.2, 0) is 33.7 Å². The minimum atomic E-state index is -5.27. The van der Waals surface area contributed by atoms with Crippen molar-refractivity contribution >= 4 is 15.9 Å². The van der Waals surface area contributed by atoms with Crippen LogP contribution in [0.5, 0.6) is 0 Å². The SMILES string of the molecule is CN(Cc1ccc(C(F)(F)F)c(C(F)(F)F)c1)S(=O)(=O)CC(N)=O. The van der Waals surface area contributed by atoms with Gasteiger partial charge in [0.25, 0.3) is 0 Å². The predicted molar refractivity (Wildman–Crippen MR) is 70.9 cm³/mol. The number of sulfonamides is 1. The largest absolute Gasteiger partial charge is 0.417 e. The van der Waals surface area contributed by atoms with E-state index in [4.69, 9.17) is 5.73 Å². The van der Waals surface area contributed by atoms with Crippen LogP contribution in [0.2, 0.25) is 0 Å². The molecule has 1 rings (SSSR count). The molecule has 0 spiro atoms. The first-order valence-electron chi connectivity index (χ1n) is 6.14. The normalized spacial score (nSPS) is 13.3. The quantitative estimate of drug-likeness (QED) is 0.796. The number of alkyl halides is 6. The number of rotatable bonds is 5. The molecule has 0 aliphatic carbocycles. The van der Waals surface area contributed by atoms with Crippen molar-refractivity contribution in [3.63, 3.8) is 0 Å². The second kappa shape index (κ2) is 6.59. The number of nitrogens with two attached hydrogens (primary N) is 1. The number of halogens is 6. The molecule has 1 aromatic rings. The highest BCUT2D eigenvalue weighted by molar-refractivity contribution is 7.89. The second-order valence-corrected chi connectivity index (χ2v) is 6.93. The minimum Gasteiger partial charge on any atom is -0.369 e. The van der Waals surface area contributed by atoms with Gasteiger partial charge in [-0.1, -0.05) is 6.07 Å². The highest BCUT2D eigenvalue weighted by Crippen LogP contribution is 2.40. The van der Waals surface area contributed by atoms with Gasteiger partial charge in [0, 0.05) is 13.6 Å². The lowest BCUT2D eigenvalue weighted by molar-refractivity contribution is -0.162. The van der Waals surface area contributed by atoms with E-state index >= 15 is 0 Å². The van der Waals surface area contributed by atoms with Gasteiger partial charge in [-0.25, -0.2) is 12.7 Å². The van der Waals surface area contributed by atoms with Gasteiger partial charge in [-0.05, 0) is 17.7 Å². The molecule has 136 valence electrons. The third-order valence-corrected chi connectivity index (χ3v) is 4.63. The van der Waals surface area contributed by atoms with Crippen molar-refractivity contribution in [2.24, 2.45) is 5.73 Å². The topological polar surface area (TPSA) is 80.5 Å². The van der Waals surface area contributed by atoms with E-state index in [1.165, 1.54) is 0 Å². The van der Waals surface area contributed by atoms with E-state index < -0.39 is 51.7 Å². The standard InChI is InChI=1S/C12H12F6N2O3S/c1-20(24(22,23)6-10(19)21)5-7-2-3-8(11(13,14)15)9(4-7)12(16,17)18/h2-4H,5-6H2,1H3,(H2,19,21). The summed E-state index contributed by atoms with van der Waals surface area (Å²) in [6.45, 7) is -0.656. The molecule has 12 heteroatoms. The highest BCUT2D eigenvalue weighted by Gasteiger charge is 2.43. The van der Waals surface area contributed by atoms with E-state index in [2.05, 4.69) is 0 Å². The Balaban J connectivity index is 3.22. The van der Waals surface area contributed by atoms with Gasteiger partial charge in [0.2, 0.25) is 15.9 Å². The lowest BCUT2D eigenvalue weighted by Gasteiger charge is -2.19. The number of nitrogens with zero attached hydrogens (tertiary/aromatic N) is 1. The smallest absolute Gasteiger partial charge is 0.369 e. The van der Waals surface area contributed by atoms with Crippen LogP contribution in [0.3, 0.4) is 0 Å². The van der Waals surface area contributed by atoms with Crippen LogP contribution < -0.4 is 5.73 Å². The van der Waals surface area contributed by atoms with Crippen molar-refractivity contribution in [2.75, 3.05) is 12.8 Å². The van der Waals surface area contributed by atoms with Crippen molar-refractivity contribution in [1.29, 1.82) is 0 Å². The molecule has 2 N–H and O–H groups in total. The molecule has 0 saturated carbocycles. The number of primary amides is 1. The molecule has 0 fully saturated rings. The van der Waals surface area contributed by atoms with E-state index in [0.29, 0.717) is 4.31 Å².